The SMILES string of the molecule is COc1ccccc1C(=O)N(C)c1ccccc1I. The van der Waals surface area contributed by atoms with Crippen molar-refractivity contribution in [2.45, 2.75) is 0 Å². The van der Waals surface area contributed by atoms with Crippen LogP contribution in [0.2, 0.25) is 0 Å². The van der Waals surface area contributed by atoms with E-state index in [2.05, 4.69) is 22.6 Å². The summed E-state index contributed by atoms with van der Waals surface area (Å²) >= 11 is 2.22. The van der Waals surface area contributed by atoms with E-state index in [4.69, 9.17) is 4.74 Å². The zero-order valence-corrected chi connectivity index (χ0v) is 12.9. The highest BCUT2D eigenvalue weighted by Gasteiger charge is 2.18. The predicted octanol–water partition coefficient (Wildman–Crippen LogP) is 3.58. The Morgan fingerprint density at radius 2 is 1.74 bits per heavy atom. The molecule has 2 aromatic carbocycles. The topological polar surface area (TPSA) is 29.5 Å². The second-order valence-corrected chi connectivity index (χ2v) is 5.18. The average molecular weight is 367 g/mol. The van der Waals surface area contributed by atoms with Gasteiger partial charge in [-0.25, -0.2) is 0 Å². The number of nitrogens with zero attached hydrogens (tertiary/aromatic N) is 1. The maximum Gasteiger partial charge on any atom is 0.261 e. The van der Waals surface area contributed by atoms with Crippen molar-refractivity contribution in [3.63, 3.8) is 0 Å². The van der Waals surface area contributed by atoms with Gasteiger partial charge in [0.05, 0.1) is 18.4 Å². The van der Waals surface area contributed by atoms with Crippen molar-refractivity contribution >= 4 is 34.2 Å². The standard InChI is InChI=1S/C15H14INO2/c1-17(13-9-5-4-8-12(13)16)15(18)11-7-3-6-10-14(11)19-2/h3-10H,1-2H3. The van der Waals surface area contributed by atoms with Crippen LogP contribution in [0.15, 0.2) is 48.5 Å². The monoisotopic (exact) mass is 367 g/mol. The van der Waals surface area contributed by atoms with E-state index >= 15 is 0 Å². The number of methoxy groups -OCH3 is 1. The number of ether oxygens (including phenoxy) is 1. The van der Waals surface area contributed by atoms with E-state index in [0.717, 1.165) is 9.26 Å². The van der Waals surface area contributed by atoms with Crippen LogP contribution >= 0.6 is 22.6 Å². The number of para-hydroxylation sites is 2. The summed E-state index contributed by atoms with van der Waals surface area (Å²) in [7, 11) is 3.34. The van der Waals surface area contributed by atoms with Gasteiger partial charge in [0.1, 0.15) is 5.75 Å². The zero-order chi connectivity index (χ0) is 13.8. The molecule has 1 amide bonds. The molecule has 0 radical (unpaired) electrons. The van der Waals surface area contributed by atoms with Crippen LogP contribution in [0.25, 0.3) is 0 Å². The minimum Gasteiger partial charge on any atom is -0.496 e. The van der Waals surface area contributed by atoms with Gasteiger partial charge in [0.15, 0.2) is 0 Å². The lowest BCUT2D eigenvalue weighted by Crippen LogP contribution is -2.27. The normalized spacial score (nSPS) is 10.1. The first kappa shape index (κ1) is 13.9. The highest BCUT2D eigenvalue weighted by atomic mass is 127. The van der Waals surface area contributed by atoms with Crippen LogP contribution < -0.4 is 9.64 Å². The van der Waals surface area contributed by atoms with Crippen molar-refractivity contribution in [1.29, 1.82) is 0 Å². The van der Waals surface area contributed by atoms with Gasteiger partial charge in [-0.2, -0.15) is 0 Å². The summed E-state index contributed by atoms with van der Waals surface area (Å²) in [6.07, 6.45) is 0. The summed E-state index contributed by atoms with van der Waals surface area (Å²) in [4.78, 5) is 14.2. The number of anilines is 1. The Bertz CT molecular complexity index is 598. The van der Waals surface area contributed by atoms with Crippen LogP contribution in [-0.4, -0.2) is 20.1 Å². The molecule has 0 aliphatic carbocycles. The smallest absolute Gasteiger partial charge is 0.261 e. The number of hydrogen-bond donors (Lipinski definition) is 0. The summed E-state index contributed by atoms with van der Waals surface area (Å²) in [5.41, 5.74) is 1.45. The van der Waals surface area contributed by atoms with Crippen molar-refractivity contribution in [2.24, 2.45) is 0 Å². The van der Waals surface area contributed by atoms with Gasteiger partial charge in [-0.1, -0.05) is 24.3 Å². The molecule has 0 atom stereocenters. The molecule has 0 bridgehead atoms. The first-order chi connectivity index (χ1) is 9.15. The van der Waals surface area contributed by atoms with Gasteiger partial charge in [0, 0.05) is 10.6 Å². The first-order valence-electron chi connectivity index (χ1n) is 5.80. The molecular formula is C15H14INO2. The van der Waals surface area contributed by atoms with Crippen molar-refractivity contribution in [3.8, 4) is 5.75 Å². The molecule has 0 saturated carbocycles. The molecule has 0 aliphatic rings. The van der Waals surface area contributed by atoms with Crippen LogP contribution in [0.1, 0.15) is 10.4 Å². The Balaban J connectivity index is 2.37. The van der Waals surface area contributed by atoms with Crippen LogP contribution in [0.4, 0.5) is 5.69 Å². The van der Waals surface area contributed by atoms with E-state index in [0.29, 0.717) is 11.3 Å². The molecular weight excluding hydrogens is 353 g/mol. The lowest BCUT2D eigenvalue weighted by Gasteiger charge is -2.20. The third-order valence-corrected chi connectivity index (χ3v) is 3.77. The summed E-state index contributed by atoms with van der Waals surface area (Å²) in [6.45, 7) is 0. The van der Waals surface area contributed by atoms with Gasteiger partial charge in [0.2, 0.25) is 0 Å². The van der Waals surface area contributed by atoms with E-state index in [9.17, 15) is 4.79 Å². The molecule has 0 spiro atoms. The molecule has 98 valence electrons. The van der Waals surface area contributed by atoms with Gasteiger partial charge in [-0.05, 0) is 46.9 Å². The molecule has 2 aromatic rings. The number of rotatable bonds is 3. The molecule has 0 saturated heterocycles. The van der Waals surface area contributed by atoms with E-state index in [-0.39, 0.29) is 5.91 Å². The van der Waals surface area contributed by atoms with E-state index in [1.807, 2.05) is 36.4 Å². The quantitative estimate of drug-likeness (QED) is 0.777. The number of amides is 1. The fourth-order valence-electron chi connectivity index (χ4n) is 1.84. The van der Waals surface area contributed by atoms with Crippen LogP contribution in [-0.2, 0) is 0 Å². The highest BCUT2D eigenvalue weighted by molar-refractivity contribution is 14.1. The summed E-state index contributed by atoms with van der Waals surface area (Å²) in [5, 5.41) is 0. The third-order valence-electron chi connectivity index (χ3n) is 2.86. The number of carbonyl (C=O) groups excluding carboxylic acids is 1. The van der Waals surface area contributed by atoms with Crippen molar-refractivity contribution in [2.75, 3.05) is 19.1 Å². The van der Waals surface area contributed by atoms with Gasteiger partial charge in [0.25, 0.3) is 5.91 Å². The lowest BCUT2D eigenvalue weighted by molar-refractivity contribution is 0.0990. The Morgan fingerprint density at radius 1 is 1.11 bits per heavy atom. The second-order valence-electron chi connectivity index (χ2n) is 4.02. The average Bonchev–Trinajstić information content (AvgIpc) is 2.46. The fourth-order valence-corrected chi connectivity index (χ4v) is 2.58. The maximum atomic E-state index is 12.5. The summed E-state index contributed by atoms with van der Waals surface area (Å²) < 4.78 is 6.27. The predicted molar refractivity (Wildman–Crippen MR) is 84.9 cm³/mol. The van der Waals surface area contributed by atoms with Gasteiger partial charge >= 0.3 is 0 Å². The number of hydrogen-bond acceptors (Lipinski definition) is 2. The minimum absolute atomic E-state index is 0.0819. The molecule has 3 nitrogen and oxygen atoms in total. The minimum atomic E-state index is -0.0819. The van der Waals surface area contributed by atoms with Crippen molar-refractivity contribution < 1.29 is 9.53 Å². The molecule has 0 unspecified atom stereocenters. The molecule has 0 N–H and O–H groups in total. The number of benzene rings is 2. The van der Waals surface area contributed by atoms with Gasteiger partial charge < -0.3 is 9.64 Å². The Labute approximate surface area is 126 Å². The van der Waals surface area contributed by atoms with Crippen molar-refractivity contribution in [1.82, 2.24) is 0 Å². The molecule has 0 fully saturated rings. The Kier molecular flexibility index (Phi) is 4.42. The maximum absolute atomic E-state index is 12.5. The Morgan fingerprint density at radius 3 is 2.42 bits per heavy atom. The summed E-state index contributed by atoms with van der Waals surface area (Å²) in [5.74, 6) is 0.506. The molecule has 19 heavy (non-hydrogen) atoms. The van der Waals surface area contributed by atoms with E-state index in [1.54, 1.807) is 31.2 Å². The molecule has 0 aromatic heterocycles. The molecule has 2 rings (SSSR count). The lowest BCUT2D eigenvalue weighted by atomic mass is 10.1. The molecule has 4 heteroatoms. The van der Waals surface area contributed by atoms with E-state index in [1.165, 1.54) is 0 Å². The summed E-state index contributed by atoms with van der Waals surface area (Å²) in [6, 6.07) is 15.0. The van der Waals surface area contributed by atoms with E-state index < -0.39 is 0 Å². The van der Waals surface area contributed by atoms with Crippen LogP contribution in [0.3, 0.4) is 0 Å². The Hall–Kier alpha value is -1.56. The fraction of sp³-hybridized carbons (Fsp3) is 0.133. The zero-order valence-electron chi connectivity index (χ0n) is 10.8. The first-order valence-corrected chi connectivity index (χ1v) is 6.88. The highest BCUT2D eigenvalue weighted by Crippen LogP contribution is 2.25. The molecule has 0 aliphatic heterocycles. The number of carbonyl (C=O) groups is 1. The molecule has 0 heterocycles. The van der Waals surface area contributed by atoms with Crippen molar-refractivity contribution in [3.05, 3.63) is 57.7 Å². The van der Waals surface area contributed by atoms with Crippen LogP contribution in [0.5, 0.6) is 5.75 Å². The second kappa shape index (κ2) is 6.06. The largest absolute Gasteiger partial charge is 0.496 e. The van der Waals surface area contributed by atoms with Crippen LogP contribution in [0, 0.1) is 3.57 Å². The number of halogens is 1. The van der Waals surface area contributed by atoms with Gasteiger partial charge in [-0.3, -0.25) is 4.79 Å². The third kappa shape index (κ3) is 2.89. The van der Waals surface area contributed by atoms with Gasteiger partial charge in [-0.15, -0.1) is 0 Å².